The summed E-state index contributed by atoms with van der Waals surface area (Å²) in [5, 5.41) is 8.38. The summed E-state index contributed by atoms with van der Waals surface area (Å²) in [6, 6.07) is 0. The van der Waals surface area contributed by atoms with Crippen molar-refractivity contribution in [1.82, 2.24) is 19.7 Å². The van der Waals surface area contributed by atoms with E-state index in [9.17, 15) is 4.79 Å². The van der Waals surface area contributed by atoms with Gasteiger partial charge in [-0.25, -0.2) is 9.78 Å². The lowest BCUT2D eigenvalue weighted by atomic mass is 10.7. The van der Waals surface area contributed by atoms with E-state index in [4.69, 9.17) is 9.15 Å². The van der Waals surface area contributed by atoms with Crippen LogP contribution in [0.2, 0.25) is 0 Å². The number of carbonyl (C=O) groups excluding carboxylic acids is 1. The number of aryl methyl sites for hydroxylation is 1. The molecule has 96 valence electrons. The van der Waals surface area contributed by atoms with Crippen molar-refractivity contribution in [2.75, 3.05) is 6.61 Å². The van der Waals surface area contributed by atoms with Crippen LogP contribution in [0.1, 0.15) is 24.5 Å². The van der Waals surface area contributed by atoms with E-state index in [1.807, 2.05) is 17.7 Å². The van der Waals surface area contributed by atoms with Crippen molar-refractivity contribution in [3.63, 3.8) is 0 Å². The molecule has 2 aromatic heterocycles. The summed E-state index contributed by atoms with van der Waals surface area (Å²) in [6.45, 7) is 4.77. The summed E-state index contributed by atoms with van der Waals surface area (Å²) in [4.78, 5) is 15.5. The molecule has 8 heteroatoms. The summed E-state index contributed by atoms with van der Waals surface area (Å²) in [5.41, 5.74) is 0. The average Bonchev–Trinajstić information content (AvgIpc) is 2.99. The van der Waals surface area contributed by atoms with E-state index in [-0.39, 0.29) is 17.7 Å². The molecule has 0 saturated heterocycles. The van der Waals surface area contributed by atoms with E-state index in [1.54, 1.807) is 13.1 Å². The first kappa shape index (κ1) is 12.6. The molecule has 2 rings (SSSR count). The highest BCUT2D eigenvalue weighted by atomic mass is 32.2. The molecule has 2 heterocycles. The molecule has 0 fully saturated rings. The van der Waals surface area contributed by atoms with Crippen LogP contribution >= 0.6 is 11.8 Å². The van der Waals surface area contributed by atoms with Crippen molar-refractivity contribution in [3.8, 4) is 0 Å². The minimum atomic E-state index is -0.615. The molecular weight excluding hydrogens is 256 g/mol. The highest BCUT2D eigenvalue weighted by Gasteiger charge is 2.17. The molecule has 0 aliphatic carbocycles. The van der Waals surface area contributed by atoms with Crippen molar-refractivity contribution >= 4 is 17.7 Å². The maximum atomic E-state index is 11.3. The number of esters is 1. The fraction of sp³-hybridized carbons (Fsp3) is 0.400. The van der Waals surface area contributed by atoms with E-state index in [1.165, 1.54) is 11.8 Å². The van der Waals surface area contributed by atoms with Gasteiger partial charge in [0.2, 0.25) is 0 Å². The second-order valence-electron chi connectivity index (χ2n) is 3.19. The molecule has 7 nitrogen and oxygen atoms in total. The van der Waals surface area contributed by atoms with E-state index < -0.39 is 5.97 Å². The van der Waals surface area contributed by atoms with Crippen LogP contribution in [-0.4, -0.2) is 32.3 Å². The second-order valence-corrected chi connectivity index (χ2v) is 4.11. The third-order valence-corrected chi connectivity index (χ3v) is 2.92. The third-order valence-electron chi connectivity index (χ3n) is 2.05. The van der Waals surface area contributed by atoms with Gasteiger partial charge < -0.3 is 13.7 Å². The molecule has 0 aliphatic rings. The van der Waals surface area contributed by atoms with Crippen LogP contribution in [-0.2, 0) is 11.3 Å². The standard InChI is InChI=1S/C10H12N4O3S/c1-3-14-6-5-11-9(14)18-10-13-12-7(17-10)8(15)16-4-2/h5-6H,3-4H2,1-2H3. The van der Waals surface area contributed by atoms with E-state index in [0.29, 0.717) is 0 Å². The molecule has 0 saturated carbocycles. The Morgan fingerprint density at radius 3 is 3.06 bits per heavy atom. The number of imidazole rings is 1. The Bertz CT molecular complexity index is 537. The first-order valence-electron chi connectivity index (χ1n) is 5.44. The number of carbonyl (C=O) groups is 1. The lowest BCUT2D eigenvalue weighted by Gasteiger charge is -1.99. The van der Waals surface area contributed by atoms with Gasteiger partial charge in [0.05, 0.1) is 6.61 Å². The van der Waals surface area contributed by atoms with Crippen molar-refractivity contribution in [3.05, 3.63) is 18.3 Å². The van der Waals surface area contributed by atoms with Crippen LogP contribution in [0.4, 0.5) is 0 Å². The number of nitrogens with zero attached hydrogens (tertiary/aromatic N) is 4. The predicted molar refractivity (Wildman–Crippen MR) is 62.3 cm³/mol. The average molecular weight is 268 g/mol. The summed E-state index contributed by atoms with van der Waals surface area (Å²) in [6.07, 6.45) is 3.54. The Kier molecular flexibility index (Phi) is 3.98. The molecule has 0 N–H and O–H groups in total. The van der Waals surface area contributed by atoms with Gasteiger partial charge in [0, 0.05) is 30.7 Å². The fourth-order valence-electron chi connectivity index (χ4n) is 1.25. The molecule has 0 bridgehead atoms. The summed E-state index contributed by atoms with van der Waals surface area (Å²) in [5.74, 6) is -0.760. The minimum absolute atomic E-state index is 0.144. The number of rotatable bonds is 5. The topological polar surface area (TPSA) is 83.0 Å². The monoisotopic (exact) mass is 268 g/mol. The normalized spacial score (nSPS) is 10.6. The molecule has 0 atom stereocenters. The van der Waals surface area contributed by atoms with Gasteiger partial charge in [-0.1, -0.05) is 5.10 Å². The molecule has 18 heavy (non-hydrogen) atoms. The van der Waals surface area contributed by atoms with Crippen molar-refractivity contribution < 1.29 is 13.9 Å². The largest absolute Gasteiger partial charge is 0.459 e. The number of aromatic nitrogens is 4. The zero-order valence-electron chi connectivity index (χ0n) is 9.99. The Morgan fingerprint density at radius 1 is 1.50 bits per heavy atom. The molecule has 0 spiro atoms. The second kappa shape index (κ2) is 5.67. The van der Waals surface area contributed by atoms with Gasteiger partial charge in [-0.15, -0.1) is 5.10 Å². The maximum Gasteiger partial charge on any atom is 0.396 e. The van der Waals surface area contributed by atoms with E-state index >= 15 is 0 Å². The highest BCUT2D eigenvalue weighted by molar-refractivity contribution is 7.98. The highest BCUT2D eigenvalue weighted by Crippen LogP contribution is 2.24. The smallest absolute Gasteiger partial charge is 0.396 e. The van der Waals surface area contributed by atoms with Gasteiger partial charge in [-0.2, -0.15) is 0 Å². The van der Waals surface area contributed by atoms with Crippen molar-refractivity contribution in [2.24, 2.45) is 0 Å². The molecule has 0 amide bonds. The van der Waals surface area contributed by atoms with Crippen molar-refractivity contribution in [1.29, 1.82) is 0 Å². The Morgan fingerprint density at radius 2 is 2.33 bits per heavy atom. The quantitative estimate of drug-likeness (QED) is 0.762. The van der Waals surface area contributed by atoms with E-state index in [0.717, 1.165) is 11.7 Å². The number of ether oxygens (including phenoxy) is 1. The Labute approximate surface area is 108 Å². The minimum Gasteiger partial charge on any atom is -0.459 e. The lowest BCUT2D eigenvalue weighted by Crippen LogP contribution is -2.04. The van der Waals surface area contributed by atoms with Gasteiger partial charge in [0.1, 0.15) is 0 Å². The third kappa shape index (κ3) is 2.70. The zero-order valence-corrected chi connectivity index (χ0v) is 10.8. The lowest BCUT2D eigenvalue weighted by molar-refractivity contribution is 0.0475. The van der Waals surface area contributed by atoms with Gasteiger partial charge in [0.25, 0.3) is 5.22 Å². The van der Waals surface area contributed by atoms with Gasteiger partial charge in [-0.05, 0) is 13.8 Å². The molecule has 0 aromatic carbocycles. The van der Waals surface area contributed by atoms with Crippen LogP contribution in [0.15, 0.2) is 27.2 Å². The SMILES string of the molecule is CCOC(=O)c1nnc(Sc2nccn2CC)o1. The van der Waals surface area contributed by atoms with Crippen LogP contribution in [0, 0.1) is 0 Å². The predicted octanol–water partition coefficient (Wildman–Crippen LogP) is 1.61. The first-order chi connectivity index (χ1) is 8.74. The zero-order chi connectivity index (χ0) is 13.0. The van der Waals surface area contributed by atoms with Crippen molar-refractivity contribution in [2.45, 2.75) is 30.8 Å². The maximum absolute atomic E-state index is 11.3. The van der Waals surface area contributed by atoms with E-state index in [2.05, 4.69) is 15.2 Å². The molecule has 2 aromatic rings. The molecular formula is C10H12N4O3S. The first-order valence-corrected chi connectivity index (χ1v) is 6.25. The van der Waals surface area contributed by atoms with Gasteiger partial charge in [-0.3, -0.25) is 0 Å². The summed E-state index contributed by atoms with van der Waals surface area (Å²) in [7, 11) is 0. The number of hydrogen-bond acceptors (Lipinski definition) is 7. The molecule has 0 radical (unpaired) electrons. The summed E-state index contributed by atoms with van der Waals surface area (Å²) < 4.78 is 11.9. The summed E-state index contributed by atoms with van der Waals surface area (Å²) >= 11 is 1.21. The van der Waals surface area contributed by atoms with Gasteiger partial charge >= 0.3 is 11.9 Å². The Hall–Kier alpha value is -1.83. The van der Waals surface area contributed by atoms with Crippen LogP contribution in [0.5, 0.6) is 0 Å². The Balaban J connectivity index is 2.09. The van der Waals surface area contributed by atoms with Crippen LogP contribution in [0.3, 0.4) is 0 Å². The van der Waals surface area contributed by atoms with Crippen LogP contribution in [0.25, 0.3) is 0 Å². The molecule has 0 unspecified atom stereocenters. The molecule has 0 aliphatic heterocycles. The van der Waals surface area contributed by atoms with Crippen LogP contribution < -0.4 is 0 Å². The fourth-order valence-corrected chi connectivity index (χ4v) is 2.02. The number of hydrogen-bond donors (Lipinski definition) is 0. The van der Waals surface area contributed by atoms with Gasteiger partial charge in [0.15, 0.2) is 5.16 Å².